The maximum atomic E-state index is 6.18. The van der Waals surface area contributed by atoms with Crippen LogP contribution in [0.2, 0.25) is 10.0 Å². The summed E-state index contributed by atoms with van der Waals surface area (Å²) in [7, 11) is 0. The highest BCUT2D eigenvalue weighted by Crippen LogP contribution is 2.33. The quantitative estimate of drug-likeness (QED) is 0.559. The highest BCUT2D eigenvalue weighted by molar-refractivity contribution is 7.13. The van der Waals surface area contributed by atoms with Gasteiger partial charge in [-0.25, -0.2) is 4.98 Å². The van der Waals surface area contributed by atoms with Gasteiger partial charge < -0.3 is 0 Å². The number of thiazole rings is 1. The number of benzene rings is 1. The van der Waals surface area contributed by atoms with Gasteiger partial charge in [0.2, 0.25) is 5.13 Å². The SMILES string of the molecule is Clc1ccc(-c2csc(N=NCc3ccccn3)n2)c(Cl)c1. The molecule has 7 heteroatoms. The number of hydrogen-bond acceptors (Lipinski definition) is 5. The van der Waals surface area contributed by atoms with E-state index in [0.29, 0.717) is 21.7 Å². The molecule has 0 aliphatic rings. The Labute approximate surface area is 141 Å². The lowest BCUT2D eigenvalue weighted by Gasteiger charge is -2.00. The second-order valence-electron chi connectivity index (χ2n) is 4.36. The van der Waals surface area contributed by atoms with Crippen molar-refractivity contribution in [2.75, 3.05) is 0 Å². The summed E-state index contributed by atoms with van der Waals surface area (Å²) in [5, 5.41) is 11.9. The van der Waals surface area contributed by atoms with Crippen LogP contribution in [0.15, 0.2) is 58.2 Å². The van der Waals surface area contributed by atoms with Gasteiger partial charge in [-0.05, 0) is 30.3 Å². The molecule has 2 aromatic heterocycles. The lowest BCUT2D eigenvalue weighted by molar-refractivity contribution is 0.912. The van der Waals surface area contributed by atoms with Crippen LogP contribution in [0.3, 0.4) is 0 Å². The van der Waals surface area contributed by atoms with Crippen molar-refractivity contribution in [1.29, 1.82) is 0 Å². The fraction of sp³-hybridized carbons (Fsp3) is 0.0667. The van der Waals surface area contributed by atoms with Gasteiger partial charge in [-0.1, -0.05) is 29.3 Å². The monoisotopic (exact) mass is 348 g/mol. The van der Waals surface area contributed by atoms with Crippen LogP contribution in [0.25, 0.3) is 11.3 Å². The molecule has 0 atom stereocenters. The van der Waals surface area contributed by atoms with Gasteiger partial charge in [-0.2, -0.15) is 5.11 Å². The predicted octanol–water partition coefficient (Wildman–Crippen LogP) is 5.80. The van der Waals surface area contributed by atoms with E-state index in [4.69, 9.17) is 23.2 Å². The number of pyridine rings is 1. The van der Waals surface area contributed by atoms with Gasteiger partial charge in [0, 0.05) is 22.2 Å². The summed E-state index contributed by atoms with van der Waals surface area (Å²) in [4.78, 5) is 8.59. The molecule has 1 aromatic carbocycles. The molecule has 0 unspecified atom stereocenters. The molecule has 0 saturated heterocycles. The average molecular weight is 349 g/mol. The van der Waals surface area contributed by atoms with Crippen LogP contribution < -0.4 is 0 Å². The Kier molecular flexibility index (Phi) is 4.77. The summed E-state index contributed by atoms with van der Waals surface area (Å²) in [5.74, 6) is 0. The number of nitrogens with zero attached hydrogens (tertiary/aromatic N) is 4. The third-order valence-corrected chi connectivity index (χ3v) is 4.09. The normalized spacial score (nSPS) is 11.2. The molecular formula is C15H10Cl2N4S. The maximum Gasteiger partial charge on any atom is 0.230 e. The Balaban J connectivity index is 1.73. The number of hydrogen-bond donors (Lipinski definition) is 0. The van der Waals surface area contributed by atoms with E-state index >= 15 is 0 Å². The third kappa shape index (κ3) is 3.68. The van der Waals surface area contributed by atoms with Crippen LogP contribution in [-0.2, 0) is 6.54 Å². The van der Waals surface area contributed by atoms with Crippen molar-refractivity contribution in [3.05, 3.63) is 63.7 Å². The summed E-state index contributed by atoms with van der Waals surface area (Å²) in [5.41, 5.74) is 2.45. The molecule has 3 aromatic rings. The highest BCUT2D eigenvalue weighted by atomic mass is 35.5. The maximum absolute atomic E-state index is 6.18. The van der Waals surface area contributed by atoms with E-state index in [2.05, 4.69) is 20.2 Å². The molecule has 0 fully saturated rings. The molecule has 0 spiro atoms. The smallest absolute Gasteiger partial charge is 0.230 e. The van der Waals surface area contributed by atoms with Gasteiger partial charge in [-0.3, -0.25) is 4.98 Å². The lowest BCUT2D eigenvalue weighted by Crippen LogP contribution is -1.83. The number of aromatic nitrogens is 2. The van der Waals surface area contributed by atoms with Crippen LogP contribution in [-0.4, -0.2) is 9.97 Å². The first kappa shape index (κ1) is 15.1. The van der Waals surface area contributed by atoms with Crippen molar-refractivity contribution in [3.63, 3.8) is 0 Å². The van der Waals surface area contributed by atoms with Crippen molar-refractivity contribution < 1.29 is 0 Å². The molecule has 0 aliphatic heterocycles. The van der Waals surface area contributed by atoms with Gasteiger partial charge >= 0.3 is 0 Å². The van der Waals surface area contributed by atoms with E-state index in [1.165, 1.54) is 11.3 Å². The molecule has 110 valence electrons. The Morgan fingerprint density at radius 1 is 1.14 bits per heavy atom. The predicted molar refractivity (Wildman–Crippen MR) is 90.0 cm³/mol. The van der Waals surface area contributed by atoms with Gasteiger partial charge in [-0.15, -0.1) is 16.5 Å². The summed E-state index contributed by atoms with van der Waals surface area (Å²) >= 11 is 13.5. The summed E-state index contributed by atoms with van der Waals surface area (Å²) in [6.07, 6.45) is 1.73. The first-order valence-electron chi connectivity index (χ1n) is 6.41. The number of azo groups is 1. The Bertz CT molecular complexity index is 802. The minimum atomic E-state index is 0.428. The Hall–Kier alpha value is -1.82. The standard InChI is InChI=1S/C15H10Cl2N4S/c16-10-4-5-12(13(17)7-10)14-9-22-15(20-14)21-19-8-11-3-1-2-6-18-11/h1-7,9H,8H2. The molecule has 4 nitrogen and oxygen atoms in total. The van der Waals surface area contributed by atoms with Crippen LogP contribution >= 0.6 is 34.5 Å². The zero-order chi connectivity index (χ0) is 15.4. The van der Waals surface area contributed by atoms with Crippen LogP contribution in [0.4, 0.5) is 5.13 Å². The second kappa shape index (κ2) is 6.96. The second-order valence-corrected chi connectivity index (χ2v) is 6.04. The average Bonchev–Trinajstić information content (AvgIpc) is 2.97. The zero-order valence-corrected chi connectivity index (χ0v) is 13.6. The van der Waals surface area contributed by atoms with Crippen molar-refractivity contribution >= 4 is 39.7 Å². The molecule has 0 amide bonds. The third-order valence-electron chi connectivity index (χ3n) is 2.81. The lowest BCUT2D eigenvalue weighted by atomic mass is 10.2. The van der Waals surface area contributed by atoms with Crippen LogP contribution in [0.1, 0.15) is 5.69 Å². The molecule has 0 bridgehead atoms. The van der Waals surface area contributed by atoms with Crippen molar-refractivity contribution in [3.8, 4) is 11.3 Å². The first-order chi connectivity index (χ1) is 10.7. The molecule has 22 heavy (non-hydrogen) atoms. The van der Waals surface area contributed by atoms with E-state index in [9.17, 15) is 0 Å². The molecule has 3 rings (SSSR count). The fourth-order valence-electron chi connectivity index (χ4n) is 1.79. The van der Waals surface area contributed by atoms with Gasteiger partial charge in [0.15, 0.2) is 0 Å². The number of rotatable bonds is 4. The van der Waals surface area contributed by atoms with Crippen LogP contribution in [0.5, 0.6) is 0 Å². The first-order valence-corrected chi connectivity index (χ1v) is 8.04. The van der Waals surface area contributed by atoms with Gasteiger partial charge in [0.05, 0.1) is 16.4 Å². The summed E-state index contributed by atoms with van der Waals surface area (Å²) in [6, 6.07) is 11.0. The molecule has 0 radical (unpaired) electrons. The largest absolute Gasteiger partial charge is 0.259 e. The van der Waals surface area contributed by atoms with Crippen molar-refractivity contribution in [2.24, 2.45) is 10.2 Å². The van der Waals surface area contributed by atoms with E-state index in [1.807, 2.05) is 29.6 Å². The topological polar surface area (TPSA) is 50.5 Å². The summed E-state index contributed by atoms with van der Waals surface area (Å²) < 4.78 is 0. The summed E-state index contributed by atoms with van der Waals surface area (Å²) in [6.45, 7) is 0.428. The molecule has 2 heterocycles. The fourth-order valence-corrected chi connectivity index (χ4v) is 2.95. The van der Waals surface area contributed by atoms with Crippen LogP contribution in [0, 0.1) is 0 Å². The van der Waals surface area contributed by atoms with Crippen molar-refractivity contribution in [2.45, 2.75) is 6.54 Å². The molecule has 0 saturated carbocycles. The van der Waals surface area contributed by atoms with Gasteiger partial charge in [0.1, 0.15) is 6.54 Å². The molecule has 0 N–H and O–H groups in total. The highest BCUT2D eigenvalue weighted by Gasteiger charge is 2.08. The minimum absolute atomic E-state index is 0.428. The molecular weight excluding hydrogens is 339 g/mol. The zero-order valence-electron chi connectivity index (χ0n) is 11.3. The van der Waals surface area contributed by atoms with E-state index in [-0.39, 0.29) is 0 Å². The minimum Gasteiger partial charge on any atom is -0.259 e. The van der Waals surface area contributed by atoms with E-state index in [0.717, 1.165) is 17.0 Å². The van der Waals surface area contributed by atoms with E-state index in [1.54, 1.807) is 18.3 Å². The Morgan fingerprint density at radius 3 is 2.82 bits per heavy atom. The molecule has 0 aliphatic carbocycles. The van der Waals surface area contributed by atoms with E-state index < -0.39 is 0 Å². The number of halogens is 2. The van der Waals surface area contributed by atoms with Crippen molar-refractivity contribution in [1.82, 2.24) is 9.97 Å². The van der Waals surface area contributed by atoms with Gasteiger partial charge in [0.25, 0.3) is 0 Å². The Morgan fingerprint density at radius 2 is 2.05 bits per heavy atom.